The summed E-state index contributed by atoms with van der Waals surface area (Å²) in [5.74, 6) is -0.412. The summed E-state index contributed by atoms with van der Waals surface area (Å²) in [4.78, 5) is 0. The minimum atomic E-state index is -2.14. The van der Waals surface area contributed by atoms with Crippen molar-refractivity contribution < 1.29 is 8.78 Å². The quantitative estimate of drug-likeness (QED) is 0.570. The van der Waals surface area contributed by atoms with Crippen LogP contribution in [0.5, 0.6) is 0 Å². The molecule has 54 valence electrons. The van der Waals surface area contributed by atoms with Crippen LogP contribution in [0.1, 0.15) is 13.3 Å². The lowest BCUT2D eigenvalue weighted by molar-refractivity contribution is 0.0733. The molecule has 0 aliphatic carbocycles. The molecule has 0 saturated carbocycles. The molecule has 9 heavy (non-hydrogen) atoms. The summed E-state index contributed by atoms with van der Waals surface area (Å²) < 4.78 is 23.9. The number of hydrogen-bond acceptors (Lipinski definition) is 1. The van der Waals surface area contributed by atoms with Crippen LogP contribution in [0, 0.1) is 5.92 Å². The molecule has 1 N–H and O–H groups in total. The molecule has 1 aliphatic heterocycles. The van der Waals surface area contributed by atoms with Gasteiger partial charge >= 0.3 is 0 Å². The third-order valence-corrected chi connectivity index (χ3v) is 1.91. The molecule has 0 aromatic heterocycles. The van der Waals surface area contributed by atoms with Gasteiger partial charge in [-0.25, -0.2) is 8.78 Å². The molecule has 3 heteroatoms. The summed E-state index contributed by atoms with van der Waals surface area (Å²) in [6, 6.07) is 0.00463. The minimum Gasteiger partial charge on any atom is -0.314 e. The third-order valence-electron chi connectivity index (χ3n) is 1.91. The van der Waals surface area contributed by atoms with Crippen molar-refractivity contribution in [3.05, 3.63) is 0 Å². The van der Waals surface area contributed by atoms with E-state index in [9.17, 15) is 8.78 Å². The van der Waals surface area contributed by atoms with E-state index in [-0.39, 0.29) is 6.04 Å². The summed E-state index contributed by atoms with van der Waals surface area (Å²) in [6.45, 7) is 2.56. The smallest absolute Gasteiger partial charge is 0.242 e. The molecule has 1 unspecified atom stereocenters. The van der Waals surface area contributed by atoms with E-state index >= 15 is 0 Å². The zero-order valence-electron chi connectivity index (χ0n) is 5.40. The first-order valence-electron chi connectivity index (χ1n) is 3.23. The molecule has 1 heterocycles. The fourth-order valence-electron chi connectivity index (χ4n) is 1.22. The Hall–Kier alpha value is -0.180. The van der Waals surface area contributed by atoms with Gasteiger partial charge in [0.05, 0.1) is 0 Å². The molecule has 0 aromatic rings. The zero-order chi connectivity index (χ0) is 6.85. The fraction of sp³-hybridized carbons (Fsp3) is 1.00. The van der Waals surface area contributed by atoms with Crippen LogP contribution in [0.15, 0.2) is 0 Å². The van der Waals surface area contributed by atoms with E-state index in [4.69, 9.17) is 0 Å². The van der Waals surface area contributed by atoms with Gasteiger partial charge in [-0.05, 0) is 19.9 Å². The van der Waals surface area contributed by atoms with E-state index < -0.39 is 12.3 Å². The Morgan fingerprint density at radius 2 is 2.22 bits per heavy atom. The van der Waals surface area contributed by atoms with Gasteiger partial charge < -0.3 is 5.32 Å². The van der Waals surface area contributed by atoms with Gasteiger partial charge in [-0.3, -0.25) is 0 Å². The van der Waals surface area contributed by atoms with Crippen LogP contribution in [0.4, 0.5) is 8.78 Å². The van der Waals surface area contributed by atoms with Crippen LogP contribution in [0.2, 0.25) is 0 Å². The van der Waals surface area contributed by atoms with Gasteiger partial charge in [0, 0.05) is 12.0 Å². The summed E-state index contributed by atoms with van der Waals surface area (Å²) in [5, 5.41) is 2.97. The Bertz CT molecular complexity index is 95.1. The number of hydrogen-bond donors (Lipinski definition) is 1. The monoisotopic (exact) mass is 135 g/mol. The molecule has 0 bridgehead atoms. The lowest BCUT2D eigenvalue weighted by Crippen LogP contribution is -2.26. The molecule has 1 nitrogen and oxygen atoms in total. The van der Waals surface area contributed by atoms with Crippen LogP contribution >= 0.6 is 0 Å². The zero-order valence-corrected chi connectivity index (χ0v) is 5.40. The molecule has 1 aliphatic rings. The summed E-state index contributed by atoms with van der Waals surface area (Å²) in [6.07, 6.45) is -1.52. The van der Waals surface area contributed by atoms with E-state index in [1.807, 2.05) is 6.92 Å². The highest BCUT2D eigenvalue weighted by molar-refractivity contribution is 4.81. The van der Waals surface area contributed by atoms with Gasteiger partial charge in [-0.2, -0.15) is 0 Å². The number of halogens is 2. The lowest BCUT2D eigenvalue weighted by Gasteiger charge is -2.12. The number of rotatable bonds is 1. The Morgan fingerprint density at radius 1 is 1.56 bits per heavy atom. The van der Waals surface area contributed by atoms with Crippen LogP contribution in [0.3, 0.4) is 0 Å². The van der Waals surface area contributed by atoms with Crippen LogP contribution in [-0.2, 0) is 0 Å². The maximum atomic E-state index is 12.0. The van der Waals surface area contributed by atoms with E-state index in [0.717, 1.165) is 6.54 Å². The van der Waals surface area contributed by atoms with Crippen molar-refractivity contribution in [1.82, 2.24) is 5.32 Å². The maximum absolute atomic E-state index is 12.0. The van der Waals surface area contributed by atoms with Gasteiger partial charge in [0.25, 0.3) is 0 Å². The van der Waals surface area contributed by atoms with E-state index in [1.165, 1.54) is 0 Å². The molecule has 0 radical (unpaired) electrons. The van der Waals surface area contributed by atoms with Crippen molar-refractivity contribution in [3.8, 4) is 0 Å². The highest BCUT2D eigenvalue weighted by Crippen LogP contribution is 2.21. The molecular formula is C6H11F2N. The Balaban J connectivity index is 2.40. The minimum absolute atomic E-state index is 0.00463. The van der Waals surface area contributed by atoms with Gasteiger partial charge in [-0.15, -0.1) is 0 Å². The molecule has 1 saturated heterocycles. The summed E-state index contributed by atoms with van der Waals surface area (Å²) in [5.41, 5.74) is 0. The predicted octanol–water partition coefficient (Wildman–Crippen LogP) is 1.25. The molecule has 1 fully saturated rings. The number of alkyl halides is 2. The molecule has 1 rings (SSSR count). The predicted molar refractivity (Wildman–Crippen MR) is 31.6 cm³/mol. The van der Waals surface area contributed by atoms with Crippen molar-refractivity contribution in [1.29, 1.82) is 0 Å². The summed E-state index contributed by atoms with van der Waals surface area (Å²) >= 11 is 0. The highest BCUT2D eigenvalue weighted by atomic mass is 19.3. The lowest BCUT2D eigenvalue weighted by atomic mass is 10.0. The third kappa shape index (κ3) is 1.39. The average Bonchev–Trinajstić information content (AvgIpc) is 2.13. The van der Waals surface area contributed by atoms with Gasteiger partial charge in [0.2, 0.25) is 6.43 Å². The average molecular weight is 135 g/mol. The van der Waals surface area contributed by atoms with Gasteiger partial charge in [0.1, 0.15) is 0 Å². The molecule has 2 atom stereocenters. The normalized spacial score (nSPS) is 36.0. The van der Waals surface area contributed by atoms with Crippen molar-refractivity contribution in [2.24, 2.45) is 5.92 Å². The van der Waals surface area contributed by atoms with E-state index in [0.29, 0.717) is 6.42 Å². The van der Waals surface area contributed by atoms with Crippen LogP contribution in [-0.4, -0.2) is 19.0 Å². The Labute approximate surface area is 53.4 Å². The van der Waals surface area contributed by atoms with Crippen molar-refractivity contribution in [2.45, 2.75) is 25.8 Å². The standard InChI is InChI=1S/C6H11F2N/c1-4-5(6(7)8)2-3-9-4/h4-6,9H,2-3H2,1H3/t4?,5-/m0/s1. The van der Waals surface area contributed by atoms with Crippen LogP contribution in [0.25, 0.3) is 0 Å². The van der Waals surface area contributed by atoms with Crippen molar-refractivity contribution >= 4 is 0 Å². The SMILES string of the molecule is CC1NCC[C@@H]1C(F)F. The van der Waals surface area contributed by atoms with Crippen molar-refractivity contribution in [3.63, 3.8) is 0 Å². The first-order chi connectivity index (χ1) is 4.22. The van der Waals surface area contributed by atoms with Crippen molar-refractivity contribution in [2.75, 3.05) is 6.54 Å². The second-order valence-electron chi connectivity index (χ2n) is 2.53. The second kappa shape index (κ2) is 2.60. The molecular weight excluding hydrogens is 124 g/mol. The van der Waals surface area contributed by atoms with E-state index in [1.54, 1.807) is 0 Å². The summed E-state index contributed by atoms with van der Waals surface area (Å²) in [7, 11) is 0. The molecule has 0 amide bonds. The first kappa shape index (κ1) is 6.93. The second-order valence-corrected chi connectivity index (χ2v) is 2.53. The molecule has 0 aromatic carbocycles. The number of nitrogens with one attached hydrogen (secondary N) is 1. The van der Waals surface area contributed by atoms with Crippen LogP contribution < -0.4 is 5.32 Å². The van der Waals surface area contributed by atoms with Gasteiger partial charge in [-0.1, -0.05) is 0 Å². The highest BCUT2D eigenvalue weighted by Gasteiger charge is 2.30. The first-order valence-corrected chi connectivity index (χ1v) is 3.23. The molecule has 0 spiro atoms. The van der Waals surface area contributed by atoms with Gasteiger partial charge in [0.15, 0.2) is 0 Å². The fourth-order valence-corrected chi connectivity index (χ4v) is 1.22. The Morgan fingerprint density at radius 3 is 2.44 bits per heavy atom. The largest absolute Gasteiger partial charge is 0.314 e. The van der Waals surface area contributed by atoms with E-state index in [2.05, 4.69) is 5.32 Å². The Kier molecular flexibility index (Phi) is 2.01. The maximum Gasteiger partial charge on any atom is 0.242 e. The topological polar surface area (TPSA) is 12.0 Å².